The van der Waals surface area contributed by atoms with Crippen molar-refractivity contribution in [2.45, 2.75) is 25.3 Å². The van der Waals surface area contributed by atoms with Gasteiger partial charge in [0.25, 0.3) is 0 Å². The quantitative estimate of drug-likeness (QED) is 0.597. The highest BCUT2D eigenvalue weighted by atomic mass is 16.1. The molecule has 72 valence electrons. The standard InChI is InChI=1S/C10H16N2O/c1-12-6-2-3-9(12)7-8-4-5-11-10(8)13/h7,9H,2-6H2,1H3,(H,11,13)/b8-7+. The summed E-state index contributed by atoms with van der Waals surface area (Å²) in [6, 6.07) is 0.499. The number of likely N-dealkylation sites (tertiary alicyclic amines) is 1. The van der Waals surface area contributed by atoms with Crippen LogP contribution >= 0.6 is 0 Å². The van der Waals surface area contributed by atoms with E-state index in [4.69, 9.17) is 0 Å². The van der Waals surface area contributed by atoms with Crippen LogP contribution in [0.5, 0.6) is 0 Å². The largest absolute Gasteiger partial charge is 0.352 e. The van der Waals surface area contributed by atoms with Gasteiger partial charge < -0.3 is 5.32 Å². The fourth-order valence-electron chi connectivity index (χ4n) is 2.08. The van der Waals surface area contributed by atoms with E-state index in [-0.39, 0.29) is 5.91 Å². The number of amides is 1. The predicted octanol–water partition coefficient (Wildman–Crippen LogP) is 0.527. The first-order chi connectivity index (χ1) is 6.27. The Morgan fingerprint density at radius 3 is 3.00 bits per heavy atom. The van der Waals surface area contributed by atoms with Crippen LogP contribution < -0.4 is 5.32 Å². The molecule has 0 aromatic heterocycles. The van der Waals surface area contributed by atoms with Gasteiger partial charge >= 0.3 is 0 Å². The average Bonchev–Trinajstić information content (AvgIpc) is 2.65. The molecule has 2 aliphatic heterocycles. The monoisotopic (exact) mass is 180 g/mol. The van der Waals surface area contributed by atoms with Crippen LogP contribution in [0.1, 0.15) is 19.3 Å². The molecule has 2 heterocycles. The fraction of sp³-hybridized carbons (Fsp3) is 0.700. The Hall–Kier alpha value is -0.830. The van der Waals surface area contributed by atoms with Gasteiger partial charge in [0.1, 0.15) is 0 Å². The highest BCUT2D eigenvalue weighted by Gasteiger charge is 2.22. The van der Waals surface area contributed by atoms with Crippen molar-refractivity contribution < 1.29 is 4.79 Å². The van der Waals surface area contributed by atoms with Gasteiger partial charge in [0.2, 0.25) is 5.91 Å². The van der Waals surface area contributed by atoms with Crippen LogP contribution in [0.15, 0.2) is 11.6 Å². The van der Waals surface area contributed by atoms with E-state index < -0.39 is 0 Å². The summed E-state index contributed by atoms with van der Waals surface area (Å²) in [6.45, 7) is 1.98. The Balaban J connectivity index is 2.05. The van der Waals surface area contributed by atoms with Crippen LogP contribution in [-0.2, 0) is 4.79 Å². The van der Waals surface area contributed by atoms with E-state index in [1.165, 1.54) is 12.8 Å². The third-order valence-electron chi connectivity index (χ3n) is 2.94. The number of likely N-dealkylation sites (N-methyl/N-ethyl adjacent to an activating group) is 1. The zero-order valence-electron chi connectivity index (χ0n) is 8.05. The SMILES string of the molecule is CN1CCCC1/C=C1\CCNC1=O. The second-order valence-electron chi connectivity index (χ2n) is 3.89. The number of hydrogen-bond donors (Lipinski definition) is 1. The van der Waals surface area contributed by atoms with Crippen LogP contribution in [0.2, 0.25) is 0 Å². The number of hydrogen-bond acceptors (Lipinski definition) is 2. The van der Waals surface area contributed by atoms with Crippen molar-refractivity contribution in [2.75, 3.05) is 20.1 Å². The lowest BCUT2D eigenvalue weighted by Crippen LogP contribution is -2.24. The Kier molecular flexibility index (Phi) is 2.36. The molecule has 2 rings (SSSR count). The zero-order chi connectivity index (χ0) is 9.26. The van der Waals surface area contributed by atoms with Crippen molar-refractivity contribution in [1.82, 2.24) is 10.2 Å². The van der Waals surface area contributed by atoms with Gasteiger partial charge in [-0.1, -0.05) is 6.08 Å². The van der Waals surface area contributed by atoms with E-state index in [1.54, 1.807) is 0 Å². The lowest BCUT2D eigenvalue weighted by atomic mass is 10.1. The number of nitrogens with one attached hydrogen (secondary N) is 1. The summed E-state index contributed by atoms with van der Waals surface area (Å²) >= 11 is 0. The smallest absolute Gasteiger partial charge is 0.247 e. The van der Waals surface area contributed by atoms with Crippen molar-refractivity contribution >= 4 is 5.91 Å². The average molecular weight is 180 g/mol. The van der Waals surface area contributed by atoms with Crippen molar-refractivity contribution in [3.63, 3.8) is 0 Å². The van der Waals surface area contributed by atoms with Crippen molar-refractivity contribution in [2.24, 2.45) is 0 Å². The molecule has 3 heteroatoms. The molecule has 0 bridgehead atoms. The summed E-state index contributed by atoms with van der Waals surface area (Å²) in [5, 5.41) is 2.83. The normalized spacial score (nSPS) is 32.8. The zero-order valence-corrected chi connectivity index (χ0v) is 8.05. The van der Waals surface area contributed by atoms with Crippen molar-refractivity contribution in [3.8, 4) is 0 Å². The molecule has 1 N–H and O–H groups in total. The molecule has 0 aromatic carbocycles. The molecule has 1 amide bonds. The van der Waals surface area contributed by atoms with Crippen molar-refractivity contribution in [1.29, 1.82) is 0 Å². The van der Waals surface area contributed by atoms with Crippen LogP contribution in [0.3, 0.4) is 0 Å². The maximum absolute atomic E-state index is 11.3. The second kappa shape index (κ2) is 3.50. The van der Waals surface area contributed by atoms with Gasteiger partial charge in [-0.05, 0) is 32.9 Å². The summed E-state index contributed by atoms with van der Waals surface area (Å²) < 4.78 is 0. The molecule has 0 aromatic rings. The summed E-state index contributed by atoms with van der Waals surface area (Å²) in [4.78, 5) is 13.6. The molecule has 3 nitrogen and oxygen atoms in total. The van der Waals surface area contributed by atoms with Gasteiger partial charge in [-0.25, -0.2) is 0 Å². The molecule has 0 aliphatic carbocycles. The van der Waals surface area contributed by atoms with Gasteiger partial charge in [-0.15, -0.1) is 0 Å². The van der Waals surface area contributed by atoms with Gasteiger partial charge in [0.15, 0.2) is 0 Å². The highest BCUT2D eigenvalue weighted by molar-refractivity contribution is 5.95. The Morgan fingerprint density at radius 1 is 1.62 bits per heavy atom. The van der Waals surface area contributed by atoms with Crippen molar-refractivity contribution in [3.05, 3.63) is 11.6 Å². The van der Waals surface area contributed by atoms with Gasteiger partial charge in [0.05, 0.1) is 0 Å². The molecule has 2 fully saturated rings. The minimum absolute atomic E-state index is 0.139. The minimum atomic E-state index is 0.139. The molecule has 1 unspecified atom stereocenters. The topological polar surface area (TPSA) is 32.3 Å². The summed E-state index contributed by atoms with van der Waals surface area (Å²) in [5.41, 5.74) is 0.985. The predicted molar refractivity (Wildman–Crippen MR) is 51.4 cm³/mol. The van der Waals surface area contributed by atoms with E-state index in [1.807, 2.05) is 0 Å². The third-order valence-corrected chi connectivity index (χ3v) is 2.94. The Morgan fingerprint density at radius 2 is 2.46 bits per heavy atom. The number of nitrogens with zero attached hydrogens (tertiary/aromatic N) is 1. The van der Waals surface area contributed by atoms with Gasteiger partial charge in [0, 0.05) is 18.2 Å². The number of carbonyl (C=O) groups excluding carboxylic acids is 1. The second-order valence-corrected chi connectivity index (χ2v) is 3.89. The first-order valence-electron chi connectivity index (χ1n) is 4.96. The van der Waals surface area contributed by atoms with E-state index >= 15 is 0 Å². The third kappa shape index (κ3) is 1.75. The van der Waals surface area contributed by atoms with Crippen LogP contribution in [-0.4, -0.2) is 37.0 Å². The minimum Gasteiger partial charge on any atom is -0.352 e. The molecule has 1 atom stereocenters. The van der Waals surface area contributed by atoms with E-state index in [0.717, 1.165) is 25.1 Å². The van der Waals surface area contributed by atoms with Gasteiger partial charge in [-0.3, -0.25) is 9.69 Å². The molecule has 0 spiro atoms. The first kappa shape index (κ1) is 8.75. The first-order valence-corrected chi connectivity index (χ1v) is 4.96. The van der Waals surface area contributed by atoms with Crippen LogP contribution in [0.25, 0.3) is 0 Å². The number of carbonyl (C=O) groups is 1. The molecular formula is C10H16N2O. The molecule has 0 saturated carbocycles. The summed E-state index contributed by atoms with van der Waals surface area (Å²) in [7, 11) is 2.13. The van der Waals surface area contributed by atoms with Gasteiger partial charge in [-0.2, -0.15) is 0 Å². The summed E-state index contributed by atoms with van der Waals surface area (Å²) in [5.74, 6) is 0.139. The molecule has 2 aliphatic rings. The highest BCUT2D eigenvalue weighted by Crippen LogP contribution is 2.19. The lowest BCUT2D eigenvalue weighted by molar-refractivity contribution is -0.116. The Bertz CT molecular complexity index is 247. The van der Waals surface area contributed by atoms with E-state index in [9.17, 15) is 4.79 Å². The molecule has 2 saturated heterocycles. The van der Waals surface area contributed by atoms with Crippen LogP contribution in [0.4, 0.5) is 0 Å². The lowest BCUT2D eigenvalue weighted by Gasteiger charge is -2.15. The van der Waals surface area contributed by atoms with E-state index in [0.29, 0.717) is 6.04 Å². The molecule has 13 heavy (non-hydrogen) atoms. The maximum atomic E-state index is 11.3. The maximum Gasteiger partial charge on any atom is 0.247 e. The Labute approximate surface area is 78.8 Å². The molecule has 0 radical (unpaired) electrons. The molecular weight excluding hydrogens is 164 g/mol. The summed E-state index contributed by atoms with van der Waals surface area (Å²) in [6.07, 6.45) is 5.51. The number of rotatable bonds is 1. The van der Waals surface area contributed by atoms with Crippen LogP contribution in [0, 0.1) is 0 Å². The fourth-order valence-corrected chi connectivity index (χ4v) is 2.08. The van der Waals surface area contributed by atoms with E-state index in [2.05, 4.69) is 23.3 Å².